The van der Waals surface area contributed by atoms with Crippen LogP contribution in [0.3, 0.4) is 0 Å². The van der Waals surface area contributed by atoms with Gasteiger partial charge in [-0.1, -0.05) is 95.0 Å². The SMILES string of the molecule is CCCCCCCCCCCCC1=CC(=Cc2ccccc2)NO1. The molecule has 24 heavy (non-hydrogen) atoms. The molecule has 0 amide bonds. The van der Waals surface area contributed by atoms with E-state index < -0.39 is 0 Å². The molecule has 1 heterocycles. The van der Waals surface area contributed by atoms with Gasteiger partial charge in [-0.15, -0.1) is 0 Å². The summed E-state index contributed by atoms with van der Waals surface area (Å²) >= 11 is 0. The number of hydrogen-bond donors (Lipinski definition) is 1. The van der Waals surface area contributed by atoms with Crippen LogP contribution in [-0.2, 0) is 4.84 Å². The van der Waals surface area contributed by atoms with Gasteiger partial charge in [-0.3, -0.25) is 0 Å². The fraction of sp³-hybridized carbons (Fsp3) is 0.545. The summed E-state index contributed by atoms with van der Waals surface area (Å²) < 4.78 is 0. The average molecular weight is 328 g/mol. The van der Waals surface area contributed by atoms with Crippen molar-refractivity contribution in [2.75, 3.05) is 0 Å². The summed E-state index contributed by atoms with van der Waals surface area (Å²) in [7, 11) is 0. The molecule has 132 valence electrons. The predicted molar refractivity (Wildman–Crippen MR) is 103 cm³/mol. The summed E-state index contributed by atoms with van der Waals surface area (Å²) in [6.45, 7) is 2.28. The lowest BCUT2D eigenvalue weighted by Crippen LogP contribution is -2.03. The Morgan fingerprint density at radius 2 is 1.46 bits per heavy atom. The molecule has 2 heteroatoms. The minimum absolute atomic E-state index is 1.04. The van der Waals surface area contributed by atoms with Gasteiger partial charge >= 0.3 is 0 Å². The molecule has 0 atom stereocenters. The molecule has 1 N–H and O–H groups in total. The number of rotatable bonds is 12. The minimum atomic E-state index is 1.04. The van der Waals surface area contributed by atoms with Crippen molar-refractivity contribution in [2.45, 2.75) is 77.6 Å². The first-order chi connectivity index (χ1) is 11.9. The zero-order valence-electron chi connectivity index (χ0n) is 15.2. The average Bonchev–Trinajstić information content (AvgIpc) is 3.05. The number of benzene rings is 1. The van der Waals surface area contributed by atoms with Crippen LogP contribution in [0.15, 0.2) is 47.9 Å². The van der Waals surface area contributed by atoms with Crippen molar-refractivity contribution >= 4 is 6.08 Å². The molecule has 1 aliphatic rings. The van der Waals surface area contributed by atoms with E-state index >= 15 is 0 Å². The highest BCUT2D eigenvalue weighted by Crippen LogP contribution is 2.19. The van der Waals surface area contributed by atoms with Gasteiger partial charge in [0, 0.05) is 12.5 Å². The van der Waals surface area contributed by atoms with E-state index in [4.69, 9.17) is 4.84 Å². The van der Waals surface area contributed by atoms with Crippen molar-refractivity contribution in [1.29, 1.82) is 0 Å². The lowest BCUT2D eigenvalue weighted by molar-refractivity contribution is 0.146. The predicted octanol–water partition coefficient (Wildman–Crippen LogP) is 6.76. The minimum Gasteiger partial charge on any atom is -0.387 e. The van der Waals surface area contributed by atoms with Gasteiger partial charge in [0.15, 0.2) is 0 Å². The second-order valence-electron chi connectivity index (χ2n) is 6.76. The van der Waals surface area contributed by atoms with Crippen LogP contribution in [0.25, 0.3) is 6.08 Å². The molecule has 0 radical (unpaired) electrons. The largest absolute Gasteiger partial charge is 0.387 e. The molecule has 0 aromatic heterocycles. The van der Waals surface area contributed by atoms with Gasteiger partial charge in [0.05, 0.1) is 5.70 Å². The first-order valence-electron chi connectivity index (χ1n) is 9.78. The second-order valence-corrected chi connectivity index (χ2v) is 6.76. The van der Waals surface area contributed by atoms with Gasteiger partial charge in [-0.25, -0.2) is 5.48 Å². The van der Waals surface area contributed by atoms with E-state index in [2.05, 4.69) is 48.8 Å². The van der Waals surface area contributed by atoms with E-state index in [9.17, 15) is 0 Å². The number of nitrogens with one attached hydrogen (secondary N) is 1. The molecule has 0 saturated carbocycles. The van der Waals surface area contributed by atoms with Gasteiger partial charge in [0.25, 0.3) is 0 Å². The Kier molecular flexibility index (Phi) is 9.15. The third-order valence-corrected chi connectivity index (χ3v) is 4.51. The Hall–Kier alpha value is -1.70. The van der Waals surface area contributed by atoms with Crippen molar-refractivity contribution in [2.24, 2.45) is 0 Å². The van der Waals surface area contributed by atoms with Gasteiger partial charge < -0.3 is 4.84 Å². The Morgan fingerprint density at radius 1 is 0.833 bits per heavy atom. The first kappa shape index (κ1) is 18.6. The number of hydroxylamine groups is 1. The maximum Gasteiger partial charge on any atom is 0.134 e. The molecule has 1 aromatic rings. The van der Waals surface area contributed by atoms with Gasteiger partial charge in [-0.2, -0.15) is 0 Å². The molecule has 0 saturated heterocycles. The molecule has 2 nitrogen and oxygen atoms in total. The van der Waals surface area contributed by atoms with Crippen LogP contribution in [0.2, 0.25) is 0 Å². The molecule has 0 aliphatic carbocycles. The Morgan fingerprint density at radius 3 is 2.12 bits per heavy atom. The second kappa shape index (κ2) is 11.8. The monoisotopic (exact) mass is 327 g/mol. The smallest absolute Gasteiger partial charge is 0.134 e. The fourth-order valence-electron chi connectivity index (χ4n) is 3.07. The quantitative estimate of drug-likeness (QED) is 0.428. The van der Waals surface area contributed by atoms with Crippen molar-refractivity contribution in [3.63, 3.8) is 0 Å². The molecule has 0 unspecified atom stereocenters. The summed E-state index contributed by atoms with van der Waals surface area (Å²) in [4.78, 5) is 5.56. The summed E-state index contributed by atoms with van der Waals surface area (Å²) in [5.41, 5.74) is 5.25. The maximum absolute atomic E-state index is 5.56. The standard InChI is InChI=1S/C22H33NO/c1-2-3-4-5-6-7-8-9-10-14-17-22-19-21(23-24-22)18-20-15-12-11-13-16-20/h11-13,15-16,18-19,23H,2-10,14,17H2,1H3. The number of hydrogen-bond acceptors (Lipinski definition) is 2. The van der Waals surface area contributed by atoms with Gasteiger partial charge in [-0.05, 0) is 18.1 Å². The fourth-order valence-corrected chi connectivity index (χ4v) is 3.07. The van der Waals surface area contributed by atoms with Crippen LogP contribution < -0.4 is 5.48 Å². The van der Waals surface area contributed by atoms with Crippen molar-refractivity contribution in [3.05, 3.63) is 53.4 Å². The van der Waals surface area contributed by atoms with Gasteiger partial charge in [0.1, 0.15) is 5.76 Å². The van der Waals surface area contributed by atoms with Crippen LogP contribution in [-0.4, -0.2) is 0 Å². The van der Waals surface area contributed by atoms with Crippen molar-refractivity contribution in [3.8, 4) is 0 Å². The molecular weight excluding hydrogens is 294 g/mol. The summed E-state index contributed by atoms with van der Waals surface area (Å²) in [5.74, 6) is 1.07. The molecule has 2 rings (SSSR count). The zero-order valence-corrected chi connectivity index (χ0v) is 15.2. The van der Waals surface area contributed by atoms with E-state index in [0.717, 1.165) is 17.9 Å². The van der Waals surface area contributed by atoms with Crippen LogP contribution in [0.5, 0.6) is 0 Å². The van der Waals surface area contributed by atoms with E-state index in [1.54, 1.807) is 0 Å². The van der Waals surface area contributed by atoms with Crippen molar-refractivity contribution < 1.29 is 4.84 Å². The van der Waals surface area contributed by atoms with E-state index in [0.29, 0.717) is 0 Å². The summed E-state index contributed by atoms with van der Waals surface area (Å²) in [6.07, 6.45) is 19.0. The third kappa shape index (κ3) is 7.72. The highest BCUT2D eigenvalue weighted by Gasteiger charge is 2.09. The first-order valence-corrected chi connectivity index (χ1v) is 9.78. The summed E-state index contributed by atoms with van der Waals surface area (Å²) in [6, 6.07) is 10.3. The van der Waals surface area contributed by atoms with Crippen LogP contribution in [0.1, 0.15) is 83.1 Å². The molecule has 0 fully saturated rings. The Bertz CT molecular complexity index is 504. The summed E-state index contributed by atoms with van der Waals surface area (Å²) in [5, 5.41) is 0. The topological polar surface area (TPSA) is 21.3 Å². The van der Waals surface area contributed by atoms with Crippen LogP contribution >= 0.6 is 0 Å². The number of allylic oxidation sites excluding steroid dienone is 2. The Labute approximate surface area is 148 Å². The lowest BCUT2D eigenvalue weighted by atomic mass is 10.1. The number of unbranched alkanes of at least 4 members (excludes halogenated alkanes) is 9. The Balaban J connectivity index is 1.52. The molecular formula is C22H33NO. The molecule has 0 bridgehead atoms. The highest BCUT2D eigenvalue weighted by atomic mass is 16.7. The zero-order chi connectivity index (χ0) is 16.9. The van der Waals surface area contributed by atoms with E-state index in [1.165, 1.54) is 69.8 Å². The van der Waals surface area contributed by atoms with Crippen LogP contribution in [0, 0.1) is 0 Å². The molecule has 1 aliphatic heterocycles. The van der Waals surface area contributed by atoms with Crippen molar-refractivity contribution in [1.82, 2.24) is 5.48 Å². The normalized spacial score (nSPS) is 15.2. The third-order valence-electron chi connectivity index (χ3n) is 4.51. The van der Waals surface area contributed by atoms with E-state index in [-0.39, 0.29) is 0 Å². The molecule has 1 aromatic carbocycles. The molecule has 0 spiro atoms. The van der Waals surface area contributed by atoms with Crippen LogP contribution in [0.4, 0.5) is 0 Å². The lowest BCUT2D eigenvalue weighted by Gasteiger charge is -2.04. The van der Waals surface area contributed by atoms with Gasteiger partial charge in [0.2, 0.25) is 0 Å². The van der Waals surface area contributed by atoms with E-state index in [1.807, 2.05) is 6.07 Å². The highest BCUT2D eigenvalue weighted by molar-refractivity contribution is 5.55. The maximum atomic E-state index is 5.56.